The maximum absolute atomic E-state index is 12.0. The zero-order valence-electron chi connectivity index (χ0n) is 11.9. The zero-order chi connectivity index (χ0) is 14.6. The SMILES string of the molecule is O=C1C=C[C@H]2C(=C1)/C(=N/O)C[C@H]1[C@@H]3CCC(=O)[C@H]3CC[C@@H]12. The Kier molecular flexibility index (Phi) is 2.88. The number of allylic oxidation sites excluding steroid dienone is 4. The van der Waals surface area contributed by atoms with E-state index in [1.165, 1.54) is 0 Å². The number of rotatable bonds is 0. The molecule has 0 unspecified atom stereocenters. The number of fused-ring (bicyclic) bond motifs is 5. The van der Waals surface area contributed by atoms with E-state index >= 15 is 0 Å². The molecule has 3 fully saturated rings. The lowest BCUT2D eigenvalue weighted by Gasteiger charge is -2.47. The molecule has 0 amide bonds. The molecule has 0 radical (unpaired) electrons. The standard InChI is InChI=1S/C17H19NO3/c19-9-1-2-11-10-3-4-13-12(5-6-17(13)20)14(10)8-16(18-21)15(11)7-9/h1-2,7,10-14,21H,3-6,8H2/b18-16+/t10-,11-,12-,13+,14-/m1/s1. The van der Waals surface area contributed by atoms with Gasteiger partial charge in [0.25, 0.3) is 0 Å². The minimum absolute atomic E-state index is 0.0226. The summed E-state index contributed by atoms with van der Waals surface area (Å²) in [5.74, 6) is 2.16. The number of carbonyl (C=O) groups is 2. The molecule has 0 aromatic rings. The van der Waals surface area contributed by atoms with E-state index in [0.717, 1.165) is 24.8 Å². The van der Waals surface area contributed by atoms with E-state index in [4.69, 9.17) is 0 Å². The number of hydrogen-bond acceptors (Lipinski definition) is 4. The predicted molar refractivity (Wildman–Crippen MR) is 77.0 cm³/mol. The molecule has 1 N–H and O–H groups in total. The molecular weight excluding hydrogens is 266 g/mol. The molecule has 0 spiro atoms. The Morgan fingerprint density at radius 3 is 2.76 bits per heavy atom. The molecule has 5 atom stereocenters. The summed E-state index contributed by atoms with van der Waals surface area (Å²) in [5, 5.41) is 12.8. The van der Waals surface area contributed by atoms with E-state index in [2.05, 4.69) is 5.16 Å². The van der Waals surface area contributed by atoms with Crippen molar-refractivity contribution in [3.63, 3.8) is 0 Å². The number of ketones is 2. The van der Waals surface area contributed by atoms with E-state index in [9.17, 15) is 14.8 Å². The molecule has 4 rings (SSSR count). The summed E-state index contributed by atoms with van der Waals surface area (Å²) in [6, 6.07) is 0. The highest BCUT2D eigenvalue weighted by Gasteiger charge is 2.51. The van der Waals surface area contributed by atoms with Gasteiger partial charge in [-0.15, -0.1) is 0 Å². The highest BCUT2D eigenvalue weighted by molar-refractivity contribution is 6.11. The normalized spacial score (nSPS) is 43.3. The van der Waals surface area contributed by atoms with Gasteiger partial charge >= 0.3 is 0 Å². The van der Waals surface area contributed by atoms with Crippen LogP contribution in [0.3, 0.4) is 0 Å². The lowest BCUT2D eigenvalue weighted by atomic mass is 9.56. The van der Waals surface area contributed by atoms with Crippen LogP contribution in [-0.2, 0) is 9.59 Å². The van der Waals surface area contributed by atoms with E-state index < -0.39 is 0 Å². The van der Waals surface area contributed by atoms with E-state index in [1.54, 1.807) is 12.2 Å². The maximum atomic E-state index is 12.0. The smallest absolute Gasteiger partial charge is 0.178 e. The molecule has 21 heavy (non-hydrogen) atoms. The van der Waals surface area contributed by atoms with Gasteiger partial charge in [0.05, 0.1) is 5.71 Å². The van der Waals surface area contributed by atoms with Gasteiger partial charge in [-0.25, -0.2) is 0 Å². The first-order valence-corrected chi connectivity index (χ1v) is 7.87. The van der Waals surface area contributed by atoms with Crippen LogP contribution in [0.2, 0.25) is 0 Å². The average Bonchev–Trinajstić information content (AvgIpc) is 2.87. The summed E-state index contributed by atoms with van der Waals surface area (Å²) in [5.41, 5.74) is 1.55. The van der Waals surface area contributed by atoms with Gasteiger partial charge in [0, 0.05) is 18.3 Å². The van der Waals surface area contributed by atoms with E-state index in [-0.39, 0.29) is 17.6 Å². The summed E-state index contributed by atoms with van der Waals surface area (Å²) in [4.78, 5) is 23.6. The van der Waals surface area contributed by atoms with Crippen LogP contribution >= 0.6 is 0 Å². The van der Waals surface area contributed by atoms with Crippen LogP contribution < -0.4 is 0 Å². The Bertz CT molecular complexity index is 601. The van der Waals surface area contributed by atoms with Crippen LogP contribution in [-0.4, -0.2) is 22.5 Å². The summed E-state index contributed by atoms with van der Waals surface area (Å²) in [6.45, 7) is 0. The van der Waals surface area contributed by atoms with Crippen LogP contribution in [0.1, 0.15) is 32.1 Å². The van der Waals surface area contributed by atoms with E-state index in [1.807, 2.05) is 6.08 Å². The molecule has 0 aromatic heterocycles. The first-order chi connectivity index (χ1) is 10.2. The third-order valence-electron chi connectivity index (χ3n) is 6.03. The van der Waals surface area contributed by atoms with Crippen molar-refractivity contribution >= 4 is 17.3 Å². The Morgan fingerprint density at radius 1 is 1.10 bits per heavy atom. The van der Waals surface area contributed by atoms with Crippen LogP contribution in [0.5, 0.6) is 0 Å². The van der Waals surface area contributed by atoms with Gasteiger partial charge in [0.2, 0.25) is 0 Å². The molecule has 4 nitrogen and oxygen atoms in total. The fourth-order valence-electron chi connectivity index (χ4n) is 5.16. The molecular formula is C17H19NO3. The number of Topliss-reactive ketones (excluding diaryl/α,β-unsaturated/α-hetero) is 1. The van der Waals surface area contributed by atoms with Crippen molar-refractivity contribution in [2.24, 2.45) is 34.7 Å². The van der Waals surface area contributed by atoms with Crippen LogP contribution in [0.4, 0.5) is 0 Å². The fourth-order valence-corrected chi connectivity index (χ4v) is 5.16. The second-order valence-corrected chi connectivity index (χ2v) is 6.82. The number of oxime groups is 1. The van der Waals surface area contributed by atoms with Crippen molar-refractivity contribution in [2.45, 2.75) is 32.1 Å². The molecule has 0 saturated heterocycles. The summed E-state index contributed by atoms with van der Waals surface area (Å²) in [7, 11) is 0. The fraction of sp³-hybridized carbons (Fsp3) is 0.588. The van der Waals surface area contributed by atoms with Crippen molar-refractivity contribution < 1.29 is 14.8 Å². The minimum atomic E-state index is -0.0226. The first-order valence-electron chi connectivity index (χ1n) is 7.87. The van der Waals surface area contributed by atoms with Crippen molar-refractivity contribution in [2.75, 3.05) is 0 Å². The van der Waals surface area contributed by atoms with Gasteiger partial charge in [-0.05, 0) is 61.2 Å². The average molecular weight is 285 g/mol. The Morgan fingerprint density at radius 2 is 1.95 bits per heavy atom. The molecule has 4 heteroatoms. The molecule has 0 aliphatic heterocycles. The highest BCUT2D eigenvalue weighted by atomic mass is 16.4. The van der Waals surface area contributed by atoms with Gasteiger partial charge in [0.15, 0.2) is 5.78 Å². The summed E-state index contributed by atoms with van der Waals surface area (Å²) in [6.07, 6.45) is 9.68. The molecule has 0 bridgehead atoms. The van der Waals surface area contributed by atoms with Crippen LogP contribution in [0, 0.1) is 29.6 Å². The largest absolute Gasteiger partial charge is 0.411 e. The van der Waals surface area contributed by atoms with Crippen LogP contribution in [0.15, 0.2) is 29.0 Å². The number of carbonyl (C=O) groups excluding carboxylic acids is 2. The van der Waals surface area contributed by atoms with Gasteiger partial charge in [-0.3, -0.25) is 9.59 Å². The van der Waals surface area contributed by atoms with Gasteiger partial charge in [-0.1, -0.05) is 11.2 Å². The first kappa shape index (κ1) is 13.0. The number of hydrogen-bond donors (Lipinski definition) is 1. The Labute approximate surface area is 123 Å². The highest BCUT2D eigenvalue weighted by Crippen LogP contribution is 2.54. The molecule has 0 aromatic carbocycles. The zero-order valence-corrected chi connectivity index (χ0v) is 11.9. The van der Waals surface area contributed by atoms with Crippen molar-refractivity contribution in [1.29, 1.82) is 0 Å². The Balaban J connectivity index is 1.71. The predicted octanol–water partition coefficient (Wildman–Crippen LogP) is 2.52. The summed E-state index contributed by atoms with van der Waals surface area (Å²) < 4.78 is 0. The summed E-state index contributed by atoms with van der Waals surface area (Å²) >= 11 is 0. The quantitative estimate of drug-likeness (QED) is 0.549. The van der Waals surface area contributed by atoms with E-state index in [0.29, 0.717) is 42.1 Å². The molecule has 0 heterocycles. The van der Waals surface area contributed by atoms with Gasteiger partial charge in [0.1, 0.15) is 5.78 Å². The molecule has 4 aliphatic carbocycles. The van der Waals surface area contributed by atoms with Crippen LogP contribution in [0.25, 0.3) is 0 Å². The topological polar surface area (TPSA) is 66.7 Å². The third-order valence-corrected chi connectivity index (χ3v) is 6.03. The molecule has 3 saturated carbocycles. The lowest BCUT2D eigenvalue weighted by molar-refractivity contribution is -0.123. The van der Waals surface area contributed by atoms with Crippen molar-refractivity contribution in [3.05, 3.63) is 23.8 Å². The second-order valence-electron chi connectivity index (χ2n) is 6.82. The van der Waals surface area contributed by atoms with Gasteiger partial charge in [-0.2, -0.15) is 0 Å². The van der Waals surface area contributed by atoms with Gasteiger partial charge < -0.3 is 5.21 Å². The lowest BCUT2D eigenvalue weighted by Crippen LogP contribution is -2.44. The second kappa shape index (κ2) is 4.65. The minimum Gasteiger partial charge on any atom is -0.411 e. The monoisotopic (exact) mass is 285 g/mol. The molecule has 4 aliphatic rings. The maximum Gasteiger partial charge on any atom is 0.178 e. The number of nitrogens with zero attached hydrogens (tertiary/aromatic N) is 1. The Hall–Kier alpha value is -1.71. The van der Waals surface area contributed by atoms with Crippen molar-refractivity contribution in [1.82, 2.24) is 0 Å². The van der Waals surface area contributed by atoms with Crippen molar-refractivity contribution in [3.8, 4) is 0 Å². The third kappa shape index (κ3) is 1.84. The molecule has 110 valence electrons.